The van der Waals surface area contributed by atoms with Crippen molar-refractivity contribution >= 4 is 17.8 Å². The first-order valence-electron chi connectivity index (χ1n) is 11.3. The molecule has 0 unspecified atom stereocenters. The van der Waals surface area contributed by atoms with Gasteiger partial charge in [0.2, 0.25) is 11.8 Å². The molecule has 31 heavy (non-hydrogen) atoms. The van der Waals surface area contributed by atoms with Crippen molar-refractivity contribution in [2.24, 2.45) is 16.7 Å². The highest BCUT2D eigenvalue weighted by atomic mass is 16.2. The third-order valence-electron chi connectivity index (χ3n) is 7.96. The number of hydrogen-bond acceptors (Lipinski definition) is 3. The van der Waals surface area contributed by atoms with Crippen LogP contribution in [-0.2, 0) is 16.1 Å². The second-order valence-electron chi connectivity index (χ2n) is 9.80. The number of amides is 4. The van der Waals surface area contributed by atoms with E-state index in [1.165, 1.54) is 0 Å². The Bertz CT molecular complexity index is 848. The summed E-state index contributed by atoms with van der Waals surface area (Å²) in [5.41, 5.74) is 0.654. The van der Waals surface area contributed by atoms with Crippen molar-refractivity contribution in [2.45, 2.75) is 39.2 Å². The van der Waals surface area contributed by atoms with Gasteiger partial charge in [-0.3, -0.25) is 9.59 Å². The molecule has 0 bridgehead atoms. The molecule has 168 valence electrons. The number of nitrogens with one attached hydrogen (secondary N) is 1. The quantitative estimate of drug-likeness (QED) is 0.806. The Balaban J connectivity index is 1.43. The second-order valence-corrected chi connectivity index (χ2v) is 9.80. The van der Waals surface area contributed by atoms with Crippen LogP contribution in [0.4, 0.5) is 4.79 Å². The molecule has 3 aliphatic rings. The number of likely N-dealkylation sites (tertiary alicyclic amines) is 2. The predicted octanol–water partition coefficient (Wildman–Crippen LogP) is 2.33. The number of rotatable bonds is 3. The molecule has 1 saturated carbocycles. The summed E-state index contributed by atoms with van der Waals surface area (Å²) in [6.07, 6.45) is 3.62. The molecule has 4 amide bonds. The minimum Gasteiger partial charge on any atom is -0.348 e. The number of carbonyl (C=O) groups excluding carboxylic acids is 3. The lowest BCUT2D eigenvalue weighted by molar-refractivity contribution is -0.141. The average molecular weight is 427 g/mol. The van der Waals surface area contributed by atoms with E-state index in [2.05, 4.69) is 5.32 Å². The summed E-state index contributed by atoms with van der Waals surface area (Å²) < 4.78 is 0. The summed E-state index contributed by atoms with van der Waals surface area (Å²) >= 11 is 0. The van der Waals surface area contributed by atoms with Gasteiger partial charge in [-0.15, -0.1) is 0 Å². The molecule has 0 aromatic heterocycles. The topological polar surface area (TPSA) is 73.0 Å². The first-order valence-corrected chi connectivity index (χ1v) is 11.3. The highest BCUT2D eigenvalue weighted by Gasteiger charge is 2.65. The fraction of sp³-hybridized carbons (Fsp3) is 0.625. The van der Waals surface area contributed by atoms with E-state index in [-0.39, 0.29) is 29.2 Å². The standard InChI is InChI=1S/C24H34N4O3/c1-18(29)28-16-20-23(9-10-24(20,17-28)21(30)26(2)3)11-13-27(14-12-23)22(31)25-15-19-7-5-4-6-8-19/h4-8,20H,9-17H2,1-3H3,(H,25,31)/t20-,24+/m1/s1. The molecule has 4 rings (SSSR count). The van der Waals surface area contributed by atoms with Crippen LogP contribution in [-0.4, -0.2) is 72.8 Å². The molecule has 0 radical (unpaired) electrons. The predicted molar refractivity (Wildman–Crippen MR) is 118 cm³/mol. The van der Waals surface area contributed by atoms with Crippen LogP contribution in [0, 0.1) is 16.7 Å². The SMILES string of the molecule is CC(=O)N1C[C@@H]2C3(CCN(C(=O)NCc4ccccc4)CC3)CC[C@]2(C(=O)N(C)C)C1. The van der Waals surface area contributed by atoms with E-state index < -0.39 is 5.41 Å². The van der Waals surface area contributed by atoms with E-state index in [0.717, 1.165) is 31.2 Å². The third-order valence-corrected chi connectivity index (χ3v) is 7.96. The molecule has 1 aliphatic carbocycles. The normalized spacial score (nSPS) is 26.6. The van der Waals surface area contributed by atoms with Crippen molar-refractivity contribution < 1.29 is 14.4 Å². The van der Waals surface area contributed by atoms with Crippen LogP contribution < -0.4 is 5.32 Å². The number of nitrogens with zero attached hydrogens (tertiary/aromatic N) is 3. The molecule has 2 aliphatic heterocycles. The van der Waals surface area contributed by atoms with Gasteiger partial charge in [0.25, 0.3) is 0 Å². The third kappa shape index (κ3) is 3.79. The van der Waals surface area contributed by atoms with Crippen LogP contribution in [0.5, 0.6) is 0 Å². The highest BCUT2D eigenvalue weighted by molar-refractivity contribution is 5.86. The molecule has 1 N–H and O–H groups in total. The molecule has 2 saturated heterocycles. The maximum atomic E-state index is 13.2. The van der Waals surface area contributed by atoms with Gasteiger partial charge in [0.15, 0.2) is 0 Å². The molecular formula is C24H34N4O3. The van der Waals surface area contributed by atoms with Crippen molar-refractivity contribution in [2.75, 3.05) is 40.3 Å². The first kappa shape index (κ1) is 21.7. The van der Waals surface area contributed by atoms with Crippen LogP contribution in [0.15, 0.2) is 30.3 Å². The lowest BCUT2D eigenvalue weighted by Crippen LogP contribution is -2.51. The minimum absolute atomic E-state index is 0.0240. The zero-order valence-electron chi connectivity index (χ0n) is 18.9. The summed E-state index contributed by atoms with van der Waals surface area (Å²) in [5, 5.41) is 3.03. The number of hydrogen-bond donors (Lipinski definition) is 1. The highest BCUT2D eigenvalue weighted by Crippen LogP contribution is 2.62. The summed E-state index contributed by atoms with van der Waals surface area (Å²) in [6, 6.07) is 9.90. The van der Waals surface area contributed by atoms with E-state index in [9.17, 15) is 14.4 Å². The first-order chi connectivity index (χ1) is 14.8. The molecule has 2 atom stereocenters. The molecular weight excluding hydrogens is 392 g/mol. The molecule has 2 heterocycles. The summed E-state index contributed by atoms with van der Waals surface area (Å²) in [6.45, 7) is 4.72. The molecule has 1 aromatic carbocycles. The molecule has 7 heteroatoms. The number of piperidine rings is 1. The zero-order valence-corrected chi connectivity index (χ0v) is 18.9. The minimum atomic E-state index is -0.465. The van der Waals surface area contributed by atoms with Gasteiger partial charge >= 0.3 is 6.03 Å². The summed E-state index contributed by atoms with van der Waals surface area (Å²) in [4.78, 5) is 43.6. The van der Waals surface area contributed by atoms with Gasteiger partial charge in [-0.05, 0) is 42.6 Å². The largest absolute Gasteiger partial charge is 0.348 e. The second kappa shape index (κ2) is 8.17. The average Bonchev–Trinajstić information content (AvgIpc) is 3.30. The number of fused-ring (bicyclic) bond motifs is 2. The smallest absolute Gasteiger partial charge is 0.317 e. The molecule has 7 nitrogen and oxygen atoms in total. The van der Waals surface area contributed by atoms with Crippen LogP contribution >= 0.6 is 0 Å². The van der Waals surface area contributed by atoms with Crippen molar-refractivity contribution in [3.63, 3.8) is 0 Å². The molecule has 1 spiro atoms. The van der Waals surface area contributed by atoms with Crippen molar-refractivity contribution in [3.05, 3.63) is 35.9 Å². The fourth-order valence-electron chi connectivity index (χ4n) is 6.24. The Morgan fingerprint density at radius 2 is 1.71 bits per heavy atom. The Labute approximate surface area is 184 Å². The molecule has 1 aromatic rings. The van der Waals surface area contributed by atoms with Gasteiger partial charge in [-0.1, -0.05) is 30.3 Å². The maximum Gasteiger partial charge on any atom is 0.317 e. The summed E-state index contributed by atoms with van der Waals surface area (Å²) in [5.74, 6) is 0.377. The van der Waals surface area contributed by atoms with Crippen molar-refractivity contribution in [1.82, 2.24) is 20.0 Å². The number of benzene rings is 1. The van der Waals surface area contributed by atoms with Gasteiger partial charge < -0.3 is 20.0 Å². The van der Waals surface area contributed by atoms with Gasteiger partial charge in [0.05, 0.1) is 5.41 Å². The van der Waals surface area contributed by atoms with Crippen LogP contribution in [0.3, 0.4) is 0 Å². The van der Waals surface area contributed by atoms with Crippen LogP contribution in [0.25, 0.3) is 0 Å². The summed E-state index contributed by atoms with van der Waals surface area (Å²) in [7, 11) is 3.63. The van der Waals surface area contributed by atoms with Crippen molar-refractivity contribution in [3.8, 4) is 0 Å². The van der Waals surface area contributed by atoms with E-state index in [4.69, 9.17) is 0 Å². The van der Waals surface area contributed by atoms with E-state index >= 15 is 0 Å². The Hall–Kier alpha value is -2.57. The Morgan fingerprint density at radius 1 is 1.03 bits per heavy atom. The Morgan fingerprint density at radius 3 is 2.32 bits per heavy atom. The monoisotopic (exact) mass is 426 g/mol. The van der Waals surface area contributed by atoms with E-state index in [1.54, 1.807) is 11.8 Å². The number of urea groups is 1. The zero-order chi connectivity index (χ0) is 22.2. The van der Waals surface area contributed by atoms with Crippen LogP contribution in [0.2, 0.25) is 0 Å². The fourth-order valence-corrected chi connectivity index (χ4v) is 6.24. The Kier molecular flexibility index (Phi) is 5.71. The van der Waals surface area contributed by atoms with Gasteiger partial charge in [0.1, 0.15) is 0 Å². The van der Waals surface area contributed by atoms with E-state index in [0.29, 0.717) is 32.7 Å². The van der Waals surface area contributed by atoms with E-state index in [1.807, 2.05) is 54.2 Å². The van der Waals surface area contributed by atoms with Crippen molar-refractivity contribution in [1.29, 1.82) is 0 Å². The van der Waals surface area contributed by atoms with Crippen LogP contribution in [0.1, 0.15) is 38.2 Å². The van der Waals surface area contributed by atoms with Gasteiger partial charge in [-0.25, -0.2) is 4.79 Å². The molecule has 3 fully saturated rings. The lowest BCUT2D eigenvalue weighted by atomic mass is 9.65. The maximum absolute atomic E-state index is 13.2. The van der Waals surface area contributed by atoms with Gasteiger partial charge in [-0.2, -0.15) is 0 Å². The lowest BCUT2D eigenvalue weighted by Gasteiger charge is -2.44. The number of carbonyl (C=O) groups is 3. The van der Waals surface area contributed by atoms with Gasteiger partial charge in [0, 0.05) is 53.7 Å².